The standard InChI is InChI=1S/C29H30F2N6O/c1-18-9-10-21-22(6-2-8-24(21)35-16-19-15-29(19,30)31)26(18)38-27-23(7-4-13-33-27)25-11-14-34-28(37-25)36-20-5-3-12-32-17-20/h2,4,6-11,13-14,19-20,32,35H,3,5,12,15-17H2,1H3,(H,34,36,37)/t19-,20+/m1/s1. The molecule has 2 aromatic heterocycles. The van der Waals surface area contributed by atoms with Crippen molar-refractivity contribution in [1.82, 2.24) is 20.3 Å². The quantitative estimate of drug-likeness (QED) is 0.264. The first-order valence-electron chi connectivity index (χ1n) is 13.1. The molecule has 3 N–H and O–H groups in total. The van der Waals surface area contributed by atoms with Crippen LogP contribution in [0.4, 0.5) is 20.4 Å². The van der Waals surface area contributed by atoms with Crippen LogP contribution in [0.15, 0.2) is 60.9 Å². The number of anilines is 2. The van der Waals surface area contributed by atoms with Gasteiger partial charge in [-0.3, -0.25) is 0 Å². The van der Waals surface area contributed by atoms with Crippen molar-refractivity contribution in [3.8, 4) is 22.9 Å². The molecule has 196 valence electrons. The summed E-state index contributed by atoms with van der Waals surface area (Å²) in [6.07, 6.45) is 5.56. The summed E-state index contributed by atoms with van der Waals surface area (Å²) < 4.78 is 33.3. The van der Waals surface area contributed by atoms with Crippen LogP contribution in [0.25, 0.3) is 22.0 Å². The summed E-state index contributed by atoms with van der Waals surface area (Å²) in [6, 6.07) is 15.7. The van der Waals surface area contributed by atoms with Crippen LogP contribution in [0, 0.1) is 12.8 Å². The highest BCUT2D eigenvalue weighted by molar-refractivity contribution is 5.98. The van der Waals surface area contributed by atoms with Gasteiger partial charge in [-0.1, -0.05) is 24.3 Å². The van der Waals surface area contributed by atoms with Crippen molar-refractivity contribution in [1.29, 1.82) is 0 Å². The zero-order chi connectivity index (χ0) is 26.1. The van der Waals surface area contributed by atoms with Gasteiger partial charge in [0.2, 0.25) is 11.8 Å². The normalized spacial score (nSPS) is 20.2. The summed E-state index contributed by atoms with van der Waals surface area (Å²) in [5.41, 5.74) is 3.20. The van der Waals surface area contributed by atoms with E-state index >= 15 is 0 Å². The number of benzene rings is 2. The molecule has 0 bridgehead atoms. The number of aryl methyl sites for hydroxylation is 1. The molecule has 2 aliphatic rings. The molecule has 1 aliphatic heterocycles. The van der Waals surface area contributed by atoms with Crippen molar-refractivity contribution in [3.05, 3.63) is 66.5 Å². The minimum Gasteiger partial charge on any atom is -0.437 e. The Bertz CT molecular complexity index is 1460. The molecule has 2 aromatic carbocycles. The van der Waals surface area contributed by atoms with Crippen LogP contribution in [0.3, 0.4) is 0 Å². The number of nitrogens with one attached hydrogen (secondary N) is 3. The molecule has 1 aliphatic carbocycles. The number of ether oxygens (including phenoxy) is 1. The van der Waals surface area contributed by atoms with E-state index in [1.54, 1.807) is 12.4 Å². The van der Waals surface area contributed by atoms with Gasteiger partial charge in [0.1, 0.15) is 5.75 Å². The third kappa shape index (κ3) is 5.11. The van der Waals surface area contributed by atoms with Gasteiger partial charge in [0.15, 0.2) is 0 Å². The number of fused-ring (bicyclic) bond motifs is 1. The Kier molecular flexibility index (Phi) is 6.53. The van der Waals surface area contributed by atoms with E-state index in [9.17, 15) is 8.78 Å². The van der Waals surface area contributed by atoms with Crippen molar-refractivity contribution >= 4 is 22.4 Å². The van der Waals surface area contributed by atoms with Crippen molar-refractivity contribution < 1.29 is 13.5 Å². The van der Waals surface area contributed by atoms with Gasteiger partial charge in [-0.05, 0) is 56.1 Å². The lowest BCUT2D eigenvalue weighted by Crippen LogP contribution is -2.38. The highest BCUT2D eigenvalue weighted by atomic mass is 19.3. The highest BCUT2D eigenvalue weighted by Gasteiger charge is 2.56. The third-order valence-corrected chi connectivity index (χ3v) is 7.24. The maximum Gasteiger partial charge on any atom is 0.253 e. The lowest BCUT2D eigenvalue weighted by Gasteiger charge is -2.23. The van der Waals surface area contributed by atoms with Gasteiger partial charge in [-0.25, -0.2) is 23.7 Å². The van der Waals surface area contributed by atoms with Gasteiger partial charge < -0.3 is 20.7 Å². The summed E-state index contributed by atoms with van der Waals surface area (Å²) in [7, 11) is 0. The Balaban J connectivity index is 1.29. The molecule has 2 atom stereocenters. The number of pyridine rings is 1. The van der Waals surface area contributed by atoms with Crippen molar-refractivity contribution in [2.75, 3.05) is 30.3 Å². The van der Waals surface area contributed by atoms with E-state index in [1.807, 2.05) is 55.5 Å². The number of nitrogens with zero attached hydrogens (tertiary/aromatic N) is 3. The first kappa shape index (κ1) is 24.5. The van der Waals surface area contributed by atoms with Gasteiger partial charge in [-0.2, -0.15) is 0 Å². The highest BCUT2D eigenvalue weighted by Crippen LogP contribution is 2.48. The molecule has 3 heterocycles. The van der Waals surface area contributed by atoms with Crippen molar-refractivity contribution in [2.45, 2.75) is 38.2 Å². The van der Waals surface area contributed by atoms with Gasteiger partial charge in [-0.15, -0.1) is 0 Å². The van der Waals surface area contributed by atoms with E-state index in [0.29, 0.717) is 23.3 Å². The number of alkyl halides is 2. The maximum atomic E-state index is 13.4. The monoisotopic (exact) mass is 516 g/mol. The molecule has 2 fully saturated rings. The zero-order valence-electron chi connectivity index (χ0n) is 21.2. The summed E-state index contributed by atoms with van der Waals surface area (Å²) in [6.45, 7) is 4.14. The molecule has 0 radical (unpaired) electrons. The molecule has 9 heteroatoms. The third-order valence-electron chi connectivity index (χ3n) is 7.24. The fourth-order valence-electron chi connectivity index (χ4n) is 4.95. The maximum absolute atomic E-state index is 13.4. The fraction of sp³-hybridized carbons (Fsp3) is 0.345. The molecule has 7 nitrogen and oxygen atoms in total. The molecule has 6 rings (SSSR count). The van der Waals surface area contributed by atoms with E-state index in [1.165, 1.54) is 0 Å². The van der Waals surface area contributed by atoms with Gasteiger partial charge in [0, 0.05) is 60.3 Å². The Hall–Kier alpha value is -3.85. The predicted octanol–water partition coefficient (Wildman–Crippen LogP) is 6.02. The van der Waals surface area contributed by atoms with Crippen molar-refractivity contribution in [3.63, 3.8) is 0 Å². The van der Waals surface area contributed by atoms with Gasteiger partial charge in [0.25, 0.3) is 5.92 Å². The van der Waals surface area contributed by atoms with Crippen LogP contribution in [-0.4, -0.2) is 46.6 Å². The average molecular weight is 517 g/mol. The number of hydrogen-bond acceptors (Lipinski definition) is 7. The van der Waals surface area contributed by atoms with E-state index < -0.39 is 11.8 Å². The first-order chi connectivity index (χ1) is 18.5. The number of hydrogen-bond donors (Lipinski definition) is 3. The van der Waals surface area contributed by atoms with E-state index in [-0.39, 0.29) is 19.0 Å². The SMILES string of the molecule is Cc1ccc2c(NC[C@H]3CC3(F)F)cccc2c1Oc1ncccc1-c1ccnc(N[C@H]2CCCNC2)n1. The number of aromatic nitrogens is 3. The van der Waals surface area contributed by atoms with E-state index in [4.69, 9.17) is 9.72 Å². The second-order valence-electron chi connectivity index (χ2n) is 10.1. The van der Waals surface area contributed by atoms with Crippen LogP contribution in [-0.2, 0) is 0 Å². The topological polar surface area (TPSA) is 84.0 Å². The number of piperidine rings is 1. The van der Waals surface area contributed by atoms with Crippen LogP contribution >= 0.6 is 0 Å². The largest absolute Gasteiger partial charge is 0.437 e. The Morgan fingerprint density at radius 1 is 1.05 bits per heavy atom. The van der Waals surface area contributed by atoms with E-state index in [0.717, 1.165) is 53.5 Å². The second-order valence-corrected chi connectivity index (χ2v) is 10.1. The molecule has 0 amide bonds. The summed E-state index contributed by atoms with van der Waals surface area (Å²) in [5, 5.41) is 11.8. The molecule has 4 aromatic rings. The first-order valence-corrected chi connectivity index (χ1v) is 13.1. The minimum absolute atomic E-state index is 0.0570. The smallest absolute Gasteiger partial charge is 0.253 e. The molecule has 1 saturated heterocycles. The number of halogens is 2. The summed E-state index contributed by atoms with van der Waals surface area (Å²) in [5.74, 6) is -1.49. The molecule has 0 spiro atoms. The molecular weight excluding hydrogens is 486 g/mol. The minimum atomic E-state index is -2.55. The molecule has 38 heavy (non-hydrogen) atoms. The zero-order valence-corrected chi connectivity index (χ0v) is 21.2. The number of rotatable bonds is 8. The Morgan fingerprint density at radius 2 is 1.95 bits per heavy atom. The molecule has 1 saturated carbocycles. The summed E-state index contributed by atoms with van der Waals surface area (Å²) in [4.78, 5) is 13.7. The summed E-state index contributed by atoms with van der Waals surface area (Å²) >= 11 is 0. The van der Waals surface area contributed by atoms with Crippen LogP contribution in [0.1, 0.15) is 24.8 Å². The van der Waals surface area contributed by atoms with Gasteiger partial charge >= 0.3 is 0 Å². The predicted molar refractivity (Wildman–Crippen MR) is 145 cm³/mol. The average Bonchev–Trinajstić information content (AvgIpc) is 3.56. The van der Waals surface area contributed by atoms with E-state index in [2.05, 4.69) is 25.9 Å². The Morgan fingerprint density at radius 3 is 2.76 bits per heavy atom. The van der Waals surface area contributed by atoms with Crippen LogP contribution in [0.2, 0.25) is 0 Å². The van der Waals surface area contributed by atoms with Crippen LogP contribution in [0.5, 0.6) is 11.6 Å². The lowest BCUT2D eigenvalue weighted by molar-refractivity contribution is 0.101. The molecular formula is C29H30F2N6O. The van der Waals surface area contributed by atoms with Crippen LogP contribution < -0.4 is 20.7 Å². The lowest BCUT2D eigenvalue weighted by atomic mass is 10.0. The fourth-order valence-corrected chi connectivity index (χ4v) is 4.95. The second kappa shape index (κ2) is 10.1. The molecule has 0 unspecified atom stereocenters. The van der Waals surface area contributed by atoms with Crippen molar-refractivity contribution in [2.24, 2.45) is 5.92 Å². The van der Waals surface area contributed by atoms with Gasteiger partial charge in [0.05, 0.1) is 11.3 Å². The Labute approximate surface area is 220 Å².